The molecule has 0 aliphatic rings. The number of carbonyl (C=O) groups is 3. The minimum atomic E-state index is -1.21. The molecule has 24 heavy (non-hydrogen) atoms. The maximum atomic E-state index is 11.8. The minimum Gasteiger partial charge on any atom is -0.481 e. The summed E-state index contributed by atoms with van der Waals surface area (Å²) in [5.74, 6) is -2.86. The fourth-order valence-electron chi connectivity index (χ4n) is 2.06. The first-order chi connectivity index (χ1) is 11.1. The van der Waals surface area contributed by atoms with E-state index in [2.05, 4.69) is 10.3 Å². The summed E-state index contributed by atoms with van der Waals surface area (Å²) >= 11 is 0. The molecule has 1 heterocycles. The zero-order chi connectivity index (χ0) is 18.4. The Hall–Kier alpha value is -2.91. The molecule has 0 saturated heterocycles. The average molecular weight is 340 g/mol. The van der Waals surface area contributed by atoms with Crippen LogP contribution in [0.25, 0.3) is 0 Å². The molecular formula is C14H20N4O6. The van der Waals surface area contributed by atoms with Crippen molar-refractivity contribution in [2.75, 3.05) is 13.1 Å². The third-order valence-corrected chi connectivity index (χ3v) is 3.35. The van der Waals surface area contributed by atoms with Gasteiger partial charge in [0.2, 0.25) is 5.91 Å². The second-order valence-electron chi connectivity index (χ2n) is 5.28. The van der Waals surface area contributed by atoms with Crippen molar-refractivity contribution in [1.29, 1.82) is 0 Å². The van der Waals surface area contributed by atoms with Gasteiger partial charge in [-0.15, -0.1) is 0 Å². The van der Waals surface area contributed by atoms with Crippen LogP contribution in [0.4, 0.5) is 4.79 Å². The zero-order valence-corrected chi connectivity index (χ0v) is 13.7. The highest BCUT2D eigenvalue weighted by Gasteiger charge is 2.25. The Morgan fingerprint density at radius 1 is 1.38 bits per heavy atom. The summed E-state index contributed by atoms with van der Waals surface area (Å²) in [7, 11) is 0. The number of imide groups is 1. The molecule has 0 aliphatic heterocycles. The van der Waals surface area contributed by atoms with Gasteiger partial charge in [0.25, 0.3) is 5.56 Å². The molecule has 0 fully saturated rings. The number of aromatic nitrogens is 2. The predicted octanol–water partition coefficient (Wildman–Crippen LogP) is -0.876. The average Bonchev–Trinajstić information content (AvgIpc) is 2.47. The van der Waals surface area contributed by atoms with Crippen molar-refractivity contribution in [1.82, 2.24) is 19.8 Å². The number of aromatic amines is 1. The Morgan fingerprint density at radius 2 is 2.00 bits per heavy atom. The maximum absolute atomic E-state index is 11.8. The summed E-state index contributed by atoms with van der Waals surface area (Å²) in [5.41, 5.74) is -1.01. The number of hydrogen-bond donors (Lipinski definition) is 3. The first-order valence-corrected chi connectivity index (χ1v) is 7.25. The van der Waals surface area contributed by atoms with Crippen molar-refractivity contribution < 1.29 is 19.5 Å². The molecule has 3 N–H and O–H groups in total. The Labute approximate surface area is 137 Å². The van der Waals surface area contributed by atoms with Crippen LogP contribution in [0.1, 0.15) is 19.4 Å². The SMILES string of the molecule is CCN(CC(Cn1cc(C)c(=O)[nH]c1=O)C(=O)O)C(=O)NC(C)=O. The number of nitrogens with one attached hydrogen (secondary N) is 2. The molecule has 3 amide bonds. The number of carboxylic acids is 1. The molecule has 0 aliphatic carbocycles. The van der Waals surface area contributed by atoms with E-state index in [1.807, 2.05) is 0 Å². The van der Waals surface area contributed by atoms with E-state index in [1.54, 1.807) is 6.92 Å². The first kappa shape index (κ1) is 19.1. The molecule has 10 heteroatoms. The smallest absolute Gasteiger partial charge is 0.328 e. The summed E-state index contributed by atoms with van der Waals surface area (Å²) in [4.78, 5) is 60.6. The van der Waals surface area contributed by atoms with Gasteiger partial charge in [-0.05, 0) is 13.8 Å². The monoisotopic (exact) mass is 340 g/mol. The van der Waals surface area contributed by atoms with Gasteiger partial charge in [0.05, 0.1) is 5.92 Å². The molecule has 0 spiro atoms. The Morgan fingerprint density at radius 3 is 2.50 bits per heavy atom. The van der Waals surface area contributed by atoms with E-state index in [1.165, 1.54) is 20.0 Å². The highest BCUT2D eigenvalue weighted by atomic mass is 16.4. The molecule has 0 saturated carbocycles. The molecular weight excluding hydrogens is 320 g/mol. The molecule has 1 unspecified atom stereocenters. The van der Waals surface area contributed by atoms with Crippen LogP contribution in [-0.4, -0.2) is 50.6 Å². The summed E-state index contributed by atoms with van der Waals surface area (Å²) in [6, 6.07) is -0.707. The largest absolute Gasteiger partial charge is 0.481 e. The molecule has 10 nitrogen and oxygen atoms in total. The number of H-pyrrole nitrogens is 1. The van der Waals surface area contributed by atoms with Crippen molar-refractivity contribution >= 4 is 17.9 Å². The van der Waals surface area contributed by atoms with Crippen LogP contribution in [0.5, 0.6) is 0 Å². The van der Waals surface area contributed by atoms with Gasteiger partial charge in [-0.25, -0.2) is 9.59 Å². The quantitative estimate of drug-likeness (QED) is 0.614. The van der Waals surface area contributed by atoms with Gasteiger partial charge in [-0.3, -0.25) is 29.3 Å². The molecule has 0 bridgehead atoms. The Kier molecular flexibility index (Phi) is 6.45. The van der Waals surface area contributed by atoms with E-state index in [-0.39, 0.29) is 25.2 Å². The van der Waals surface area contributed by atoms with Gasteiger partial charge in [-0.2, -0.15) is 0 Å². The lowest BCUT2D eigenvalue weighted by atomic mass is 10.1. The fourth-order valence-corrected chi connectivity index (χ4v) is 2.06. The predicted molar refractivity (Wildman–Crippen MR) is 83.6 cm³/mol. The standard InChI is InChI=1S/C14H20N4O6/c1-4-17(13(23)15-9(3)19)6-10(12(21)22)7-18-5-8(2)11(20)16-14(18)24/h5,10H,4,6-7H2,1-3H3,(H,21,22)(H,15,19,23)(H,16,20,24). The number of aliphatic carboxylic acids is 1. The summed E-state index contributed by atoms with van der Waals surface area (Å²) in [5, 5.41) is 11.4. The van der Waals surface area contributed by atoms with Gasteiger partial charge >= 0.3 is 17.7 Å². The third-order valence-electron chi connectivity index (χ3n) is 3.35. The zero-order valence-electron chi connectivity index (χ0n) is 13.7. The van der Waals surface area contributed by atoms with Crippen molar-refractivity contribution in [3.8, 4) is 0 Å². The van der Waals surface area contributed by atoms with Crippen molar-refractivity contribution in [2.45, 2.75) is 27.3 Å². The Bertz CT molecular complexity index is 750. The maximum Gasteiger partial charge on any atom is 0.328 e. The summed E-state index contributed by atoms with van der Waals surface area (Å²) < 4.78 is 1.08. The lowest BCUT2D eigenvalue weighted by Crippen LogP contribution is -2.46. The Balaban J connectivity index is 2.99. The number of nitrogens with zero attached hydrogens (tertiary/aromatic N) is 2. The molecule has 0 radical (unpaired) electrons. The van der Waals surface area contributed by atoms with Crippen LogP contribution in [0, 0.1) is 12.8 Å². The normalized spacial score (nSPS) is 11.6. The first-order valence-electron chi connectivity index (χ1n) is 7.25. The van der Waals surface area contributed by atoms with Gasteiger partial charge in [0, 0.05) is 38.3 Å². The highest BCUT2D eigenvalue weighted by molar-refractivity contribution is 5.93. The summed E-state index contributed by atoms with van der Waals surface area (Å²) in [6.07, 6.45) is 1.27. The van der Waals surface area contributed by atoms with E-state index in [0.717, 1.165) is 9.47 Å². The van der Waals surface area contributed by atoms with Gasteiger partial charge in [0.15, 0.2) is 0 Å². The van der Waals surface area contributed by atoms with Gasteiger partial charge < -0.3 is 10.0 Å². The van der Waals surface area contributed by atoms with Crippen LogP contribution in [-0.2, 0) is 16.1 Å². The van der Waals surface area contributed by atoms with Gasteiger partial charge in [0.1, 0.15) is 0 Å². The lowest BCUT2D eigenvalue weighted by Gasteiger charge is -2.24. The van der Waals surface area contributed by atoms with E-state index in [0.29, 0.717) is 0 Å². The molecule has 1 atom stereocenters. The van der Waals surface area contributed by atoms with Crippen LogP contribution >= 0.6 is 0 Å². The van der Waals surface area contributed by atoms with Crippen molar-refractivity contribution in [3.05, 3.63) is 32.6 Å². The van der Waals surface area contributed by atoms with E-state index in [9.17, 15) is 29.1 Å². The molecule has 1 rings (SSSR count). The van der Waals surface area contributed by atoms with Crippen LogP contribution < -0.4 is 16.6 Å². The lowest BCUT2D eigenvalue weighted by molar-refractivity contribution is -0.142. The van der Waals surface area contributed by atoms with E-state index >= 15 is 0 Å². The second-order valence-corrected chi connectivity index (χ2v) is 5.28. The van der Waals surface area contributed by atoms with Crippen LogP contribution in [0.2, 0.25) is 0 Å². The topological polar surface area (TPSA) is 142 Å². The number of rotatable bonds is 6. The highest BCUT2D eigenvalue weighted by Crippen LogP contribution is 2.05. The summed E-state index contributed by atoms with van der Waals surface area (Å²) in [6.45, 7) is 4.05. The van der Waals surface area contributed by atoms with Crippen molar-refractivity contribution in [2.24, 2.45) is 5.92 Å². The van der Waals surface area contributed by atoms with Gasteiger partial charge in [-0.1, -0.05) is 0 Å². The molecule has 132 valence electrons. The number of carbonyl (C=O) groups excluding carboxylic acids is 2. The number of carboxylic acid groups (broad SMARTS) is 1. The molecule has 1 aromatic rings. The molecule has 0 aromatic carbocycles. The second kappa shape index (κ2) is 8.09. The van der Waals surface area contributed by atoms with Crippen molar-refractivity contribution in [3.63, 3.8) is 0 Å². The number of amides is 3. The van der Waals surface area contributed by atoms with Crippen LogP contribution in [0.15, 0.2) is 15.8 Å². The molecule has 1 aromatic heterocycles. The number of aryl methyl sites for hydroxylation is 1. The number of urea groups is 1. The van der Waals surface area contributed by atoms with Crippen LogP contribution in [0.3, 0.4) is 0 Å². The third kappa shape index (κ3) is 5.07. The minimum absolute atomic E-state index is 0.183. The van der Waals surface area contributed by atoms with E-state index < -0.39 is 35.1 Å². The van der Waals surface area contributed by atoms with E-state index in [4.69, 9.17) is 0 Å². The number of hydrogen-bond acceptors (Lipinski definition) is 5. The fraction of sp³-hybridized carbons (Fsp3) is 0.500.